The number of thiophene rings is 1. The van der Waals surface area contributed by atoms with Crippen molar-refractivity contribution in [2.75, 3.05) is 33.4 Å². The highest BCUT2D eigenvalue weighted by Crippen LogP contribution is 2.35. The molecule has 1 aliphatic rings. The smallest absolute Gasteiger partial charge is 0.259 e. The summed E-state index contributed by atoms with van der Waals surface area (Å²) in [6.45, 7) is 4.68. The van der Waals surface area contributed by atoms with Crippen LogP contribution in [0, 0.1) is 5.92 Å². The Morgan fingerprint density at radius 1 is 1.33 bits per heavy atom. The second kappa shape index (κ2) is 11.2. The van der Waals surface area contributed by atoms with Gasteiger partial charge in [-0.05, 0) is 49.3 Å². The third-order valence-electron chi connectivity index (χ3n) is 6.07. The number of aromatic nitrogens is 2. The van der Waals surface area contributed by atoms with Crippen LogP contribution in [0.4, 0.5) is 0 Å². The van der Waals surface area contributed by atoms with Gasteiger partial charge in [-0.3, -0.25) is 9.69 Å². The first kappa shape index (κ1) is 23.9. The number of aliphatic hydroxyl groups is 1. The van der Waals surface area contributed by atoms with Gasteiger partial charge in [0.2, 0.25) is 0 Å². The Balaban J connectivity index is 1.46. The highest BCUT2D eigenvalue weighted by Gasteiger charge is 2.23. The van der Waals surface area contributed by atoms with E-state index in [2.05, 4.69) is 16.8 Å². The summed E-state index contributed by atoms with van der Waals surface area (Å²) in [5, 5.41) is 11.4. The number of benzene rings is 1. The number of aliphatic hydroxyl groups excluding tert-OH is 1. The molecule has 0 fully saturated rings. The van der Waals surface area contributed by atoms with Crippen molar-refractivity contribution in [3.8, 4) is 5.75 Å². The molecule has 7 nitrogen and oxygen atoms in total. The predicted molar refractivity (Wildman–Crippen MR) is 131 cm³/mol. The van der Waals surface area contributed by atoms with Gasteiger partial charge in [0.15, 0.2) is 0 Å². The summed E-state index contributed by atoms with van der Waals surface area (Å²) in [5.74, 6) is 2.02. The first-order valence-corrected chi connectivity index (χ1v) is 12.5. The molecule has 0 unspecified atom stereocenters. The maximum Gasteiger partial charge on any atom is 0.259 e. The second-order valence-corrected chi connectivity index (χ2v) is 9.99. The molecule has 0 amide bonds. The standard InChI is InChI=1S/C25H33N3O4S/c1-17-9-10-20-21(13-17)33-25-23(20)24(30)26-22(27-25)15-28(11-6-12-31-2)14-18(29)16-32-19-7-4-3-5-8-19/h3-5,7-8,17-18,29H,6,9-16H2,1-2H3,(H,26,27,30)/t17-,18+/m1/s1. The SMILES string of the molecule is COCCCN(Cc1nc2sc3c(c2c(=O)[nH]1)CC[C@@H](C)C3)C[C@H](O)COc1ccccc1. The number of aromatic amines is 1. The lowest BCUT2D eigenvalue weighted by Crippen LogP contribution is -2.37. The molecule has 0 spiro atoms. The molecule has 2 aromatic heterocycles. The van der Waals surface area contributed by atoms with Gasteiger partial charge in [-0.15, -0.1) is 11.3 Å². The van der Waals surface area contributed by atoms with Gasteiger partial charge in [0.25, 0.3) is 5.56 Å². The maximum absolute atomic E-state index is 12.9. The number of nitrogens with one attached hydrogen (secondary N) is 1. The van der Waals surface area contributed by atoms with Crippen LogP contribution in [-0.4, -0.2) is 59.5 Å². The van der Waals surface area contributed by atoms with Gasteiger partial charge in [0, 0.05) is 31.7 Å². The topological polar surface area (TPSA) is 87.7 Å². The Morgan fingerprint density at radius 2 is 2.15 bits per heavy atom. The number of hydrogen-bond donors (Lipinski definition) is 2. The second-order valence-electron chi connectivity index (χ2n) is 8.90. The monoisotopic (exact) mass is 471 g/mol. The molecule has 2 N–H and O–H groups in total. The zero-order valence-electron chi connectivity index (χ0n) is 19.4. The number of fused-ring (bicyclic) bond motifs is 3. The number of H-pyrrole nitrogens is 1. The van der Waals surface area contributed by atoms with Crippen LogP contribution in [0.3, 0.4) is 0 Å². The highest BCUT2D eigenvalue weighted by molar-refractivity contribution is 7.18. The Kier molecular flexibility index (Phi) is 8.14. The fraction of sp³-hybridized carbons (Fsp3) is 0.520. The number of aryl methyl sites for hydroxylation is 1. The van der Waals surface area contributed by atoms with Gasteiger partial charge >= 0.3 is 0 Å². The van der Waals surface area contributed by atoms with E-state index >= 15 is 0 Å². The molecule has 2 atom stereocenters. The van der Waals surface area contributed by atoms with E-state index in [1.807, 2.05) is 30.3 Å². The normalized spacial score (nSPS) is 16.8. The van der Waals surface area contributed by atoms with Crippen molar-refractivity contribution in [1.82, 2.24) is 14.9 Å². The van der Waals surface area contributed by atoms with Crippen LogP contribution in [-0.2, 0) is 24.1 Å². The molecule has 0 bridgehead atoms. The van der Waals surface area contributed by atoms with E-state index in [1.54, 1.807) is 18.4 Å². The summed E-state index contributed by atoms with van der Waals surface area (Å²) in [4.78, 5) is 25.0. The number of para-hydroxylation sites is 1. The van der Waals surface area contributed by atoms with E-state index in [-0.39, 0.29) is 12.2 Å². The first-order chi connectivity index (χ1) is 16.0. The molecule has 8 heteroatoms. The Hall–Kier alpha value is -2.26. The molecule has 0 saturated heterocycles. The third-order valence-corrected chi connectivity index (χ3v) is 7.21. The summed E-state index contributed by atoms with van der Waals surface area (Å²) in [6, 6.07) is 9.47. The average Bonchev–Trinajstić information content (AvgIpc) is 3.16. The van der Waals surface area contributed by atoms with Crippen molar-refractivity contribution < 1.29 is 14.6 Å². The lowest BCUT2D eigenvalue weighted by molar-refractivity contribution is 0.0609. The zero-order chi connectivity index (χ0) is 23.2. The quantitative estimate of drug-likeness (QED) is 0.417. The lowest BCUT2D eigenvalue weighted by atomic mass is 9.89. The number of rotatable bonds is 11. The number of methoxy groups -OCH3 is 1. The molecule has 4 rings (SSSR count). The van der Waals surface area contributed by atoms with Crippen molar-refractivity contribution >= 4 is 21.6 Å². The van der Waals surface area contributed by atoms with E-state index < -0.39 is 6.10 Å². The van der Waals surface area contributed by atoms with Gasteiger partial charge < -0.3 is 19.6 Å². The molecule has 0 saturated carbocycles. The third kappa shape index (κ3) is 6.20. The van der Waals surface area contributed by atoms with Crippen molar-refractivity contribution in [3.63, 3.8) is 0 Å². The predicted octanol–water partition coefficient (Wildman–Crippen LogP) is 3.39. The van der Waals surface area contributed by atoms with Crippen molar-refractivity contribution in [2.24, 2.45) is 5.92 Å². The van der Waals surface area contributed by atoms with Crippen LogP contribution < -0.4 is 10.3 Å². The molecule has 0 aliphatic heterocycles. The summed E-state index contributed by atoms with van der Waals surface area (Å²) in [5.41, 5.74) is 1.14. The molecular formula is C25H33N3O4S. The molecule has 3 aromatic rings. The Labute approximate surface area is 198 Å². The minimum absolute atomic E-state index is 0.0492. The van der Waals surface area contributed by atoms with Gasteiger partial charge in [0.1, 0.15) is 29.1 Å². The van der Waals surface area contributed by atoms with E-state index in [4.69, 9.17) is 14.5 Å². The minimum atomic E-state index is -0.668. The molecule has 1 aromatic carbocycles. The van der Waals surface area contributed by atoms with Crippen LogP contribution in [0.25, 0.3) is 10.2 Å². The van der Waals surface area contributed by atoms with Gasteiger partial charge in [-0.2, -0.15) is 0 Å². The van der Waals surface area contributed by atoms with E-state index in [9.17, 15) is 9.90 Å². The van der Waals surface area contributed by atoms with Crippen LogP contribution in [0.5, 0.6) is 5.75 Å². The fourth-order valence-corrected chi connectivity index (χ4v) is 5.81. The number of ether oxygens (including phenoxy) is 2. The molecule has 2 heterocycles. The van der Waals surface area contributed by atoms with Crippen LogP contribution in [0.15, 0.2) is 35.1 Å². The molecular weight excluding hydrogens is 438 g/mol. The van der Waals surface area contributed by atoms with E-state index in [0.29, 0.717) is 31.4 Å². The fourth-order valence-electron chi connectivity index (χ4n) is 4.41. The summed E-state index contributed by atoms with van der Waals surface area (Å²) in [6.07, 6.45) is 3.26. The zero-order valence-corrected chi connectivity index (χ0v) is 20.2. The summed E-state index contributed by atoms with van der Waals surface area (Å²) < 4.78 is 10.9. The van der Waals surface area contributed by atoms with Crippen molar-refractivity contribution in [3.05, 3.63) is 57.0 Å². The molecule has 0 radical (unpaired) electrons. The van der Waals surface area contributed by atoms with Crippen molar-refractivity contribution in [1.29, 1.82) is 0 Å². The van der Waals surface area contributed by atoms with Crippen LogP contribution in [0.2, 0.25) is 0 Å². The van der Waals surface area contributed by atoms with Crippen molar-refractivity contribution in [2.45, 2.75) is 45.3 Å². The van der Waals surface area contributed by atoms with Gasteiger partial charge in [-0.25, -0.2) is 4.98 Å². The average molecular weight is 472 g/mol. The maximum atomic E-state index is 12.9. The summed E-state index contributed by atoms with van der Waals surface area (Å²) in [7, 11) is 1.68. The van der Waals surface area contributed by atoms with E-state index in [0.717, 1.165) is 48.2 Å². The lowest BCUT2D eigenvalue weighted by Gasteiger charge is -2.24. The number of nitrogens with zero attached hydrogens (tertiary/aromatic N) is 2. The Bertz CT molecular complexity index is 1100. The molecule has 178 valence electrons. The van der Waals surface area contributed by atoms with Crippen LogP contribution in [0.1, 0.15) is 36.0 Å². The molecule has 1 aliphatic carbocycles. The molecule has 33 heavy (non-hydrogen) atoms. The summed E-state index contributed by atoms with van der Waals surface area (Å²) >= 11 is 1.66. The highest BCUT2D eigenvalue weighted by atomic mass is 32.1. The van der Waals surface area contributed by atoms with Gasteiger partial charge in [0.05, 0.1) is 11.9 Å². The minimum Gasteiger partial charge on any atom is -0.491 e. The number of hydrogen-bond acceptors (Lipinski definition) is 7. The first-order valence-electron chi connectivity index (χ1n) is 11.6. The van der Waals surface area contributed by atoms with E-state index in [1.165, 1.54) is 10.4 Å². The van der Waals surface area contributed by atoms with Crippen LogP contribution >= 0.6 is 11.3 Å². The van der Waals surface area contributed by atoms with Gasteiger partial charge in [-0.1, -0.05) is 25.1 Å². The Morgan fingerprint density at radius 3 is 2.94 bits per heavy atom. The largest absolute Gasteiger partial charge is 0.491 e.